The van der Waals surface area contributed by atoms with E-state index in [-0.39, 0.29) is 5.91 Å². The highest BCUT2D eigenvalue weighted by Gasteiger charge is 2.22. The van der Waals surface area contributed by atoms with Gasteiger partial charge in [0.1, 0.15) is 5.52 Å². The van der Waals surface area contributed by atoms with Crippen LogP contribution in [0, 0.1) is 5.92 Å². The van der Waals surface area contributed by atoms with Gasteiger partial charge in [-0.2, -0.15) is 0 Å². The summed E-state index contributed by atoms with van der Waals surface area (Å²) in [7, 11) is 0. The molecule has 0 spiro atoms. The van der Waals surface area contributed by atoms with Crippen molar-refractivity contribution in [3.05, 3.63) is 53.1 Å². The van der Waals surface area contributed by atoms with Gasteiger partial charge in [-0.3, -0.25) is 4.79 Å². The van der Waals surface area contributed by atoms with Gasteiger partial charge >= 0.3 is 0 Å². The maximum atomic E-state index is 12.8. The Morgan fingerprint density at radius 3 is 2.80 bits per heavy atom. The molecule has 1 aromatic heterocycles. The van der Waals surface area contributed by atoms with Gasteiger partial charge in [0.15, 0.2) is 5.58 Å². The predicted octanol–water partition coefficient (Wildman–Crippen LogP) is 5.02. The molecule has 4 rings (SSSR count). The van der Waals surface area contributed by atoms with Crippen LogP contribution in [0.15, 0.2) is 46.9 Å². The average molecular weight is 355 g/mol. The molecule has 1 aliphatic heterocycles. The Hall–Kier alpha value is -2.33. The Morgan fingerprint density at radius 2 is 2.00 bits per heavy atom. The van der Waals surface area contributed by atoms with Crippen molar-refractivity contribution in [2.45, 2.75) is 19.8 Å². The second-order valence-corrected chi connectivity index (χ2v) is 7.12. The normalized spacial score (nSPS) is 15.7. The van der Waals surface area contributed by atoms with E-state index in [0.29, 0.717) is 33.5 Å². The number of amides is 1. The number of halogens is 1. The highest BCUT2D eigenvalue weighted by molar-refractivity contribution is 6.31. The topological polar surface area (TPSA) is 46.3 Å². The fourth-order valence-corrected chi connectivity index (χ4v) is 3.37. The second-order valence-electron chi connectivity index (χ2n) is 6.69. The number of nitrogens with zero attached hydrogens (tertiary/aromatic N) is 2. The number of hydrogen-bond acceptors (Lipinski definition) is 3. The fraction of sp³-hybridized carbons (Fsp3) is 0.300. The predicted molar refractivity (Wildman–Crippen MR) is 98.8 cm³/mol. The van der Waals surface area contributed by atoms with Crippen molar-refractivity contribution in [3.63, 3.8) is 0 Å². The first-order chi connectivity index (χ1) is 12.1. The number of rotatable bonds is 2. The number of fused-ring (bicyclic) bond motifs is 1. The van der Waals surface area contributed by atoms with Gasteiger partial charge in [-0.15, -0.1) is 0 Å². The number of hydrogen-bond donors (Lipinski definition) is 0. The van der Waals surface area contributed by atoms with Crippen molar-refractivity contribution in [2.24, 2.45) is 5.92 Å². The number of carbonyl (C=O) groups is 1. The standard InChI is InChI=1S/C20H19ClN2O2/c1-13-7-9-23(10-8-13)20(24)15-4-2-3-14(11-15)19-22-17-12-16(21)5-6-18(17)25-19/h2-6,11-13H,7-10H2,1H3. The van der Waals surface area contributed by atoms with Crippen LogP contribution in [0.5, 0.6) is 0 Å². The van der Waals surface area contributed by atoms with Gasteiger partial charge in [0.25, 0.3) is 5.91 Å². The summed E-state index contributed by atoms with van der Waals surface area (Å²) in [5, 5.41) is 0.621. The zero-order valence-corrected chi connectivity index (χ0v) is 14.8. The lowest BCUT2D eigenvalue weighted by Gasteiger charge is -2.30. The highest BCUT2D eigenvalue weighted by atomic mass is 35.5. The molecule has 4 nitrogen and oxygen atoms in total. The van der Waals surface area contributed by atoms with Crippen LogP contribution in [0.4, 0.5) is 0 Å². The zero-order valence-electron chi connectivity index (χ0n) is 14.0. The van der Waals surface area contributed by atoms with Gasteiger partial charge in [-0.1, -0.05) is 24.6 Å². The fourth-order valence-electron chi connectivity index (χ4n) is 3.20. The van der Waals surface area contributed by atoms with Gasteiger partial charge in [0.05, 0.1) is 0 Å². The van der Waals surface area contributed by atoms with Crippen molar-refractivity contribution in [1.29, 1.82) is 0 Å². The molecule has 1 amide bonds. The van der Waals surface area contributed by atoms with E-state index in [1.807, 2.05) is 29.2 Å². The summed E-state index contributed by atoms with van der Waals surface area (Å²) in [5.74, 6) is 1.27. The van der Waals surface area contributed by atoms with Crippen LogP contribution in [0.25, 0.3) is 22.6 Å². The van der Waals surface area contributed by atoms with E-state index in [1.54, 1.807) is 18.2 Å². The van der Waals surface area contributed by atoms with E-state index >= 15 is 0 Å². The summed E-state index contributed by atoms with van der Waals surface area (Å²) in [4.78, 5) is 19.2. The van der Waals surface area contributed by atoms with Crippen LogP contribution < -0.4 is 0 Å². The SMILES string of the molecule is CC1CCN(C(=O)c2cccc(-c3nc4cc(Cl)ccc4o3)c2)CC1. The molecule has 2 aromatic carbocycles. The Bertz CT molecular complexity index is 926. The Kier molecular flexibility index (Phi) is 4.22. The molecule has 0 bridgehead atoms. The van der Waals surface area contributed by atoms with E-state index in [0.717, 1.165) is 31.5 Å². The van der Waals surface area contributed by atoms with Crippen molar-refractivity contribution in [3.8, 4) is 11.5 Å². The minimum Gasteiger partial charge on any atom is -0.436 e. The van der Waals surface area contributed by atoms with E-state index < -0.39 is 0 Å². The molecule has 2 heterocycles. The lowest BCUT2D eigenvalue weighted by Crippen LogP contribution is -2.37. The van der Waals surface area contributed by atoms with Gasteiger partial charge in [0, 0.05) is 29.2 Å². The Labute approximate surface area is 151 Å². The third-order valence-electron chi connectivity index (χ3n) is 4.78. The van der Waals surface area contributed by atoms with Gasteiger partial charge in [0.2, 0.25) is 5.89 Å². The van der Waals surface area contributed by atoms with Gasteiger partial charge in [-0.25, -0.2) is 4.98 Å². The lowest BCUT2D eigenvalue weighted by atomic mass is 9.98. The first-order valence-electron chi connectivity index (χ1n) is 8.56. The maximum absolute atomic E-state index is 12.8. The molecule has 0 atom stereocenters. The molecule has 1 fully saturated rings. The number of oxazole rings is 1. The first-order valence-corrected chi connectivity index (χ1v) is 8.94. The number of benzene rings is 2. The van der Waals surface area contributed by atoms with E-state index in [4.69, 9.17) is 16.0 Å². The number of piperidine rings is 1. The van der Waals surface area contributed by atoms with Gasteiger partial charge < -0.3 is 9.32 Å². The monoisotopic (exact) mass is 354 g/mol. The summed E-state index contributed by atoms with van der Waals surface area (Å²) in [6, 6.07) is 12.8. The van der Waals surface area contributed by atoms with Crippen LogP contribution in [0.3, 0.4) is 0 Å². The zero-order chi connectivity index (χ0) is 17.4. The molecule has 0 N–H and O–H groups in total. The molecule has 1 aliphatic rings. The maximum Gasteiger partial charge on any atom is 0.253 e. The van der Waals surface area contributed by atoms with Crippen molar-refractivity contribution in [1.82, 2.24) is 9.88 Å². The van der Waals surface area contributed by atoms with Crippen LogP contribution >= 0.6 is 11.6 Å². The summed E-state index contributed by atoms with van der Waals surface area (Å²) < 4.78 is 5.81. The molecular weight excluding hydrogens is 336 g/mol. The van der Waals surface area contributed by atoms with Crippen LogP contribution in [-0.4, -0.2) is 28.9 Å². The molecule has 0 aliphatic carbocycles. The van der Waals surface area contributed by atoms with E-state index in [1.165, 1.54) is 0 Å². The second kappa shape index (κ2) is 6.52. The first kappa shape index (κ1) is 16.2. The molecule has 3 aromatic rings. The lowest BCUT2D eigenvalue weighted by molar-refractivity contribution is 0.0697. The number of carbonyl (C=O) groups excluding carboxylic acids is 1. The Morgan fingerprint density at radius 1 is 1.20 bits per heavy atom. The van der Waals surface area contributed by atoms with Crippen molar-refractivity contribution in [2.75, 3.05) is 13.1 Å². The smallest absolute Gasteiger partial charge is 0.253 e. The summed E-state index contributed by atoms with van der Waals surface area (Å²) in [5.41, 5.74) is 2.86. The third-order valence-corrected chi connectivity index (χ3v) is 5.01. The van der Waals surface area contributed by atoms with E-state index in [2.05, 4.69) is 11.9 Å². The van der Waals surface area contributed by atoms with Crippen LogP contribution in [-0.2, 0) is 0 Å². The van der Waals surface area contributed by atoms with E-state index in [9.17, 15) is 4.79 Å². The summed E-state index contributed by atoms with van der Waals surface area (Å²) in [6.45, 7) is 3.89. The van der Waals surface area contributed by atoms with Crippen LogP contribution in [0.1, 0.15) is 30.1 Å². The number of likely N-dealkylation sites (tertiary alicyclic amines) is 1. The summed E-state index contributed by atoms with van der Waals surface area (Å²) >= 11 is 6.01. The van der Waals surface area contributed by atoms with Crippen LogP contribution in [0.2, 0.25) is 5.02 Å². The minimum atomic E-state index is 0.0768. The quantitative estimate of drug-likeness (QED) is 0.649. The highest BCUT2D eigenvalue weighted by Crippen LogP contribution is 2.27. The Balaban J connectivity index is 1.63. The molecule has 0 radical (unpaired) electrons. The molecule has 1 saturated heterocycles. The molecular formula is C20H19ClN2O2. The van der Waals surface area contributed by atoms with Crippen molar-refractivity contribution < 1.29 is 9.21 Å². The molecule has 0 saturated carbocycles. The summed E-state index contributed by atoms with van der Waals surface area (Å²) in [6.07, 6.45) is 2.13. The average Bonchev–Trinajstić information content (AvgIpc) is 3.05. The number of aromatic nitrogens is 1. The van der Waals surface area contributed by atoms with Crippen molar-refractivity contribution >= 4 is 28.6 Å². The third kappa shape index (κ3) is 3.27. The minimum absolute atomic E-state index is 0.0768. The van der Waals surface area contributed by atoms with Gasteiger partial charge in [-0.05, 0) is 55.2 Å². The molecule has 25 heavy (non-hydrogen) atoms. The molecule has 0 unspecified atom stereocenters. The largest absolute Gasteiger partial charge is 0.436 e. The molecule has 5 heteroatoms. The molecule has 128 valence electrons.